The van der Waals surface area contributed by atoms with Gasteiger partial charge in [0.2, 0.25) is 5.91 Å². The van der Waals surface area contributed by atoms with Crippen LogP contribution < -0.4 is 16.0 Å². The van der Waals surface area contributed by atoms with Crippen LogP contribution in [0.2, 0.25) is 5.02 Å². The van der Waals surface area contributed by atoms with Gasteiger partial charge in [-0.05, 0) is 62.1 Å². The van der Waals surface area contributed by atoms with E-state index in [0.717, 1.165) is 50.6 Å². The van der Waals surface area contributed by atoms with Gasteiger partial charge in [0.15, 0.2) is 0 Å². The molecule has 2 fully saturated rings. The maximum Gasteiger partial charge on any atom is 0.315 e. The molecule has 5 nitrogen and oxygen atoms in total. The second-order valence-electron chi connectivity index (χ2n) is 7.90. The number of carbonyl (C=O) groups is 2. The van der Waals surface area contributed by atoms with Gasteiger partial charge in [-0.25, -0.2) is 4.79 Å². The maximum atomic E-state index is 12.1. The van der Waals surface area contributed by atoms with Crippen molar-refractivity contribution < 1.29 is 9.59 Å². The number of rotatable bonds is 6. The summed E-state index contributed by atoms with van der Waals surface area (Å²) < 4.78 is 0. The fraction of sp³-hybridized carbons (Fsp3) is 0.619. The van der Waals surface area contributed by atoms with Crippen LogP contribution in [0.15, 0.2) is 24.3 Å². The fourth-order valence-corrected chi connectivity index (χ4v) is 4.24. The highest BCUT2D eigenvalue weighted by molar-refractivity contribution is 6.30. The molecule has 0 aliphatic heterocycles. The van der Waals surface area contributed by atoms with E-state index in [1.165, 1.54) is 12.8 Å². The van der Waals surface area contributed by atoms with Gasteiger partial charge >= 0.3 is 6.03 Å². The van der Waals surface area contributed by atoms with E-state index in [9.17, 15) is 9.59 Å². The molecular formula is C21H30ClN3O2. The zero-order chi connectivity index (χ0) is 19.1. The molecule has 27 heavy (non-hydrogen) atoms. The average molecular weight is 392 g/mol. The van der Waals surface area contributed by atoms with Gasteiger partial charge in [0.1, 0.15) is 0 Å². The Hall–Kier alpha value is -1.75. The van der Waals surface area contributed by atoms with Gasteiger partial charge in [-0.2, -0.15) is 0 Å². The summed E-state index contributed by atoms with van der Waals surface area (Å²) in [5, 5.41) is 9.80. The molecule has 0 heterocycles. The van der Waals surface area contributed by atoms with Crippen LogP contribution in [0.4, 0.5) is 4.79 Å². The van der Waals surface area contributed by atoms with Gasteiger partial charge in [0.25, 0.3) is 0 Å². The van der Waals surface area contributed by atoms with E-state index >= 15 is 0 Å². The summed E-state index contributed by atoms with van der Waals surface area (Å²) in [4.78, 5) is 24.2. The zero-order valence-corrected chi connectivity index (χ0v) is 16.6. The Morgan fingerprint density at radius 3 is 2.26 bits per heavy atom. The molecule has 3 rings (SSSR count). The van der Waals surface area contributed by atoms with Crippen LogP contribution in [0.5, 0.6) is 0 Å². The highest BCUT2D eigenvalue weighted by atomic mass is 35.5. The molecule has 1 aromatic rings. The Kier molecular flexibility index (Phi) is 7.39. The molecule has 3 N–H and O–H groups in total. The van der Waals surface area contributed by atoms with Crippen molar-refractivity contribution in [3.05, 3.63) is 34.9 Å². The van der Waals surface area contributed by atoms with Crippen LogP contribution in [-0.2, 0) is 11.3 Å². The standard InChI is InChI=1S/C21H30ClN3O2/c22-18-9-5-15(6-10-18)14-24-21(27)25-19-11-7-16(8-12-19)13-23-20(26)17-3-1-2-4-17/h5-6,9-10,16-17,19H,1-4,7-8,11-14H2,(H,23,26)(H2,24,25,27). The summed E-state index contributed by atoms with van der Waals surface area (Å²) in [5.74, 6) is 1.02. The third-order valence-corrected chi connectivity index (χ3v) is 6.09. The van der Waals surface area contributed by atoms with Gasteiger partial charge in [0.05, 0.1) is 0 Å². The molecule has 0 atom stereocenters. The summed E-state index contributed by atoms with van der Waals surface area (Å²) in [5.41, 5.74) is 1.02. The first kappa shape index (κ1) is 20.0. The third kappa shape index (κ3) is 6.42. The van der Waals surface area contributed by atoms with Crippen LogP contribution in [0, 0.1) is 11.8 Å². The van der Waals surface area contributed by atoms with E-state index < -0.39 is 0 Å². The monoisotopic (exact) mass is 391 g/mol. The SMILES string of the molecule is O=C(NCc1ccc(Cl)cc1)NC1CCC(CNC(=O)C2CCCC2)CC1. The number of carbonyl (C=O) groups excluding carboxylic acids is 2. The van der Waals surface area contributed by atoms with E-state index in [2.05, 4.69) is 16.0 Å². The van der Waals surface area contributed by atoms with Crippen LogP contribution in [0.3, 0.4) is 0 Å². The summed E-state index contributed by atoms with van der Waals surface area (Å²) in [6.07, 6.45) is 8.52. The van der Waals surface area contributed by atoms with Gasteiger partial charge in [-0.1, -0.05) is 36.6 Å². The number of amides is 3. The van der Waals surface area contributed by atoms with Gasteiger partial charge in [0, 0.05) is 30.1 Å². The summed E-state index contributed by atoms with van der Waals surface area (Å²) in [6.45, 7) is 1.27. The molecule has 6 heteroatoms. The van der Waals surface area contributed by atoms with Crippen molar-refractivity contribution in [3.63, 3.8) is 0 Å². The molecule has 2 saturated carbocycles. The Balaban J connectivity index is 1.30. The molecule has 3 amide bonds. The minimum absolute atomic E-state index is 0.122. The molecular weight excluding hydrogens is 362 g/mol. The second kappa shape index (κ2) is 9.98. The topological polar surface area (TPSA) is 70.2 Å². The van der Waals surface area contributed by atoms with Gasteiger partial charge < -0.3 is 16.0 Å². The van der Waals surface area contributed by atoms with E-state index in [-0.39, 0.29) is 23.9 Å². The van der Waals surface area contributed by atoms with E-state index in [1.807, 2.05) is 24.3 Å². The highest BCUT2D eigenvalue weighted by Gasteiger charge is 2.25. The van der Waals surface area contributed by atoms with Crippen LogP contribution >= 0.6 is 11.6 Å². The average Bonchev–Trinajstić information content (AvgIpc) is 3.22. The van der Waals surface area contributed by atoms with Crippen molar-refractivity contribution in [2.24, 2.45) is 11.8 Å². The van der Waals surface area contributed by atoms with Crippen molar-refractivity contribution >= 4 is 23.5 Å². The predicted octanol–water partition coefficient (Wildman–Crippen LogP) is 4.00. The first-order chi connectivity index (χ1) is 13.1. The molecule has 1 aromatic carbocycles. The van der Waals surface area contributed by atoms with Crippen molar-refractivity contribution in [1.82, 2.24) is 16.0 Å². The number of nitrogens with one attached hydrogen (secondary N) is 3. The lowest BCUT2D eigenvalue weighted by atomic mass is 9.86. The largest absolute Gasteiger partial charge is 0.356 e. The molecule has 0 aromatic heterocycles. The molecule has 0 spiro atoms. The molecule has 0 bridgehead atoms. The first-order valence-electron chi connectivity index (χ1n) is 10.2. The maximum absolute atomic E-state index is 12.1. The minimum atomic E-state index is -0.122. The molecule has 2 aliphatic carbocycles. The van der Waals surface area contributed by atoms with Gasteiger partial charge in [-0.3, -0.25) is 4.79 Å². The Morgan fingerprint density at radius 2 is 1.59 bits per heavy atom. The highest BCUT2D eigenvalue weighted by Crippen LogP contribution is 2.26. The normalized spacial score (nSPS) is 23.0. The number of benzene rings is 1. The van der Waals surface area contributed by atoms with Gasteiger partial charge in [-0.15, -0.1) is 0 Å². The van der Waals surface area contributed by atoms with E-state index in [4.69, 9.17) is 11.6 Å². The Bertz CT molecular complexity index is 621. The zero-order valence-electron chi connectivity index (χ0n) is 15.8. The Morgan fingerprint density at radius 1 is 0.926 bits per heavy atom. The number of halogens is 1. The van der Waals surface area contributed by atoms with Crippen molar-refractivity contribution in [2.45, 2.75) is 64.0 Å². The Labute approximate surface area is 166 Å². The third-order valence-electron chi connectivity index (χ3n) is 5.84. The first-order valence-corrected chi connectivity index (χ1v) is 10.5. The summed E-state index contributed by atoms with van der Waals surface area (Å²) in [6, 6.07) is 7.56. The summed E-state index contributed by atoms with van der Waals surface area (Å²) in [7, 11) is 0. The molecule has 0 radical (unpaired) electrons. The molecule has 0 unspecified atom stereocenters. The van der Waals surface area contributed by atoms with Crippen LogP contribution in [-0.4, -0.2) is 24.5 Å². The smallest absolute Gasteiger partial charge is 0.315 e. The number of hydrogen-bond donors (Lipinski definition) is 3. The lowest BCUT2D eigenvalue weighted by molar-refractivity contribution is -0.125. The predicted molar refractivity (Wildman–Crippen MR) is 108 cm³/mol. The van der Waals surface area contributed by atoms with Crippen LogP contribution in [0.25, 0.3) is 0 Å². The van der Waals surface area contributed by atoms with E-state index in [0.29, 0.717) is 17.5 Å². The van der Waals surface area contributed by atoms with Crippen LogP contribution in [0.1, 0.15) is 56.9 Å². The second-order valence-corrected chi connectivity index (χ2v) is 8.33. The minimum Gasteiger partial charge on any atom is -0.356 e. The fourth-order valence-electron chi connectivity index (χ4n) is 4.11. The summed E-state index contributed by atoms with van der Waals surface area (Å²) >= 11 is 5.86. The van der Waals surface area contributed by atoms with Crippen molar-refractivity contribution in [1.29, 1.82) is 0 Å². The number of urea groups is 1. The van der Waals surface area contributed by atoms with Crippen molar-refractivity contribution in [2.75, 3.05) is 6.54 Å². The number of hydrogen-bond acceptors (Lipinski definition) is 2. The molecule has 0 saturated heterocycles. The van der Waals surface area contributed by atoms with E-state index in [1.54, 1.807) is 0 Å². The molecule has 148 valence electrons. The molecule has 2 aliphatic rings. The lowest BCUT2D eigenvalue weighted by Gasteiger charge is -2.29. The quantitative estimate of drug-likeness (QED) is 0.685. The lowest BCUT2D eigenvalue weighted by Crippen LogP contribution is -2.44. The van der Waals surface area contributed by atoms with Crippen molar-refractivity contribution in [3.8, 4) is 0 Å².